The molecule has 1 heterocycles. The number of rotatable bonds is 5. The van der Waals surface area contributed by atoms with E-state index in [0.29, 0.717) is 0 Å². The molecule has 0 bridgehead atoms. The zero-order valence-electron chi connectivity index (χ0n) is 10.4. The number of nitrogens with one attached hydrogen (secondary N) is 1. The van der Waals surface area contributed by atoms with Crippen LogP contribution in [0.25, 0.3) is 0 Å². The average Bonchev–Trinajstić information content (AvgIpc) is 2.82. The van der Waals surface area contributed by atoms with E-state index in [9.17, 15) is 0 Å². The second kappa shape index (κ2) is 6.23. The molecule has 0 amide bonds. The van der Waals surface area contributed by atoms with Crippen molar-refractivity contribution < 1.29 is 4.74 Å². The number of methoxy groups -OCH3 is 1. The van der Waals surface area contributed by atoms with Gasteiger partial charge in [-0.3, -0.25) is 0 Å². The molecule has 2 aromatic rings. The van der Waals surface area contributed by atoms with E-state index in [1.807, 2.05) is 18.2 Å². The molecule has 4 heteroatoms. The van der Waals surface area contributed by atoms with E-state index < -0.39 is 0 Å². The zero-order valence-corrected chi connectivity index (χ0v) is 12.0. The molecule has 0 saturated heterocycles. The van der Waals surface area contributed by atoms with Gasteiger partial charge in [0.1, 0.15) is 5.75 Å². The first-order chi connectivity index (χ1) is 8.69. The van der Waals surface area contributed by atoms with Gasteiger partial charge in [-0.25, -0.2) is 0 Å². The molecule has 18 heavy (non-hydrogen) atoms. The standard InChI is InChI=1S/C14H16ClNOS/c1-10(11-4-3-5-12(8-11)17-2)16-9-13-6-7-14(15)18-13/h3-8,10,16H,9H2,1-2H3/t10-/m1/s1. The second-order valence-electron chi connectivity index (χ2n) is 4.09. The van der Waals surface area contributed by atoms with Crippen molar-refractivity contribution >= 4 is 22.9 Å². The molecule has 1 aromatic heterocycles. The van der Waals surface area contributed by atoms with Gasteiger partial charge in [0.05, 0.1) is 11.4 Å². The Morgan fingerprint density at radius 2 is 2.17 bits per heavy atom. The van der Waals surface area contributed by atoms with Crippen LogP contribution >= 0.6 is 22.9 Å². The lowest BCUT2D eigenvalue weighted by Gasteiger charge is -2.14. The van der Waals surface area contributed by atoms with Crippen LogP contribution in [0.4, 0.5) is 0 Å². The zero-order chi connectivity index (χ0) is 13.0. The lowest BCUT2D eigenvalue weighted by Crippen LogP contribution is -2.17. The Bertz CT molecular complexity index is 512. The summed E-state index contributed by atoms with van der Waals surface area (Å²) in [6, 6.07) is 12.4. The Morgan fingerprint density at radius 3 is 2.83 bits per heavy atom. The first-order valence-electron chi connectivity index (χ1n) is 5.80. The van der Waals surface area contributed by atoms with E-state index in [1.165, 1.54) is 10.4 Å². The van der Waals surface area contributed by atoms with Crippen molar-refractivity contribution in [3.63, 3.8) is 0 Å². The van der Waals surface area contributed by atoms with Gasteiger partial charge in [0, 0.05) is 17.5 Å². The molecule has 1 aromatic carbocycles. The second-order valence-corrected chi connectivity index (χ2v) is 5.88. The summed E-state index contributed by atoms with van der Waals surface area (Å²) in [7, 11) is 1.69. The largest absolute Gasteiger partial charge is 0.497 e. The van der Waals surface area contributed by atoms with E-state index in [0.717, 1.165) is 16.6 Å². The van der Waals surface area contributed by atoms with Gasteiger partial charge in [-0.05, 0) is 36.8 Å². The quantitative estimate of drug-likeness (QED) is 0.884. The molecule has 96 valence electrons. The molecular formula is C14H16ClNOS. The summed E-state index contributed by atoms with van der Waals surface area (Å²) >= 11 is 7.52. The topological polar surface area (TPSA) is 21.3 Å². The van der Waals surface area contributed by atoms with Crippen LogP contribution in [0.2, 0.25) is 4.34 Å². The lowest BCUT2D eigenvalue weighted by molar-refractivity contribution is 0.413. The normalized spacial score (nSPS) is 12.4. The third-order valence-electron chi connectivity index (χ3n) is 2.81. The van der Waals surface area contributed by atoms with Gasteiger partial charge in [-0.15, -0.1) is 11.3 Å². The molecule has 0 saturated carbocycles. The van der Waals surface area contributed by atoms with Crippen LogP contribution in [-0.4, -0.2) is 7.11 Å². The van der Waals surface area contributed by atoms with Crippen LogP contribution in [0.5, 0.6) is 5.75 Å². The van der Waals surface area contributed by atoms with Gasteiger partial charge >= 0.3 is 0 Å². The molecular weight excluding hydrogens is 266 g/mol. The lowest BCUT2D eigenvalue weighted by atomic mass is 10.1. The van der Waals surface area contributed by atoms with Crippen molar-refractivity contribution in [3.05, 3.63) is 51.2 Å². The molecule has 1 atom stereocenters. The minimum atomic E-state index is 0.279. The molecule has 0 aliphatic rings. The molecule has 0 spiro atoms. The summed E-state index contributed by atoms with van der Waals surface area (Å²) in [6.45, 7) is 2.97. The van der Waals surface area contributed by atoms with Crippen molar-refractivity contribution in [2.75, 3.05) is 7.11 Å². The highest BCUT2D eigenvalue weighted by Crippen LogP contribution is 2.23. The SMILES string of the molecule is COc1cccc([C@@H](C)NCc2ccc(Cl)s2)c1. The summed E-state index contributed by atoms with van der Waals surface area (Å²) in [5, 5.41) is 3.48. The van der Waals surface area contributed by atoms with Crippen molar-refractivity contribution in [2.24, 2.45) is 0 Å². The van der Waals surface area contributed by atoms with Crippen LogP contribution in [0.1, 0.15) is 23.4 Å². The van der Waals surface area contributed by atoms with E-state index in [4.69, 9.17) is 16.3 Å². The van der Waals surface area contributed by atoms with E-state index >= 15 is 0 Å². The molecule has 0 aliphatic carbocycles. The van der Waals surface area contributed by atoms with Crippen molar-refractivity contribution in [1.82, 2.24) is 5.32 Å². The summed E-state index contributed by atoms with van der Waals surface area (Å²) in [4.78, 5) is 1.25. The maximum absolute atomic E-state index is 5.91. The van der Waals surface area contributed by atoms with Crippen LogP contribution < -0.4 is 10.1 Å². The number of hydrogen-bond acceptors (Lipinski definition) is 3. The molecule has 0 fully saturated rings. The van der Waals surface area contributed by atoms with Gasteiger partial charge in [-0.2, -0.15) is 0 Å². The maximum atomic E-state index is 5.91. The highest BCUT2D eigenvalue weighted by molar-refractivity contribution is 7.16. The average molecular weight is 282 g/mol. The predicted molar refractivity (Wildman–Crippen MR) is 77.6 cm³/mol. The van der Waals surface area contributed by atoms with E-state index in [-0.39, 0.29) is 6.04 Å². The van der Waals surface area contributed by atoms with Gasteiger partial charge in [0.2, 0.25) is 0 Å². The number of halogens is 1. The summed E-state index contributed by atoms with van der Waals surface area (Å²) in [6.07, 6.45) is 0. The Hall–Kier alpha value is -1.03. The summed E-state index contributed by atoms with van der Waals surface area (Å²) in [5.74, 6) is 0.889. The Morgan fingerprint density at radius 1 is 1.33 bits per heavy atom. The van der Waals surface area contributed by atoms with E-state index in [2.05, 4.69) is 30.4 Å². The van der Waals surface area contributed by atoms with Crippen molar-refractivity contribution in [1.29, 1.82) is 0 Å². The Kier molecular flexibility index (Phi) is 4.64. The molecule has 0 unspecified atom stereocenters. The highest BCUT2D eigenvalue weighted by Gasteiger charge is 2.06. The van der Waals surface area contributed by atoms with Gasteiger partial charge in [-0.1, -0.05) is 23.7 Å². The van der Waals surface area contributed by atoms with E-state index in [1.54, 1.807) is 18.4 Å². The van der Waals surface area contributed by atoms with Crippen LogP contribution in [0.3, 0.4) is 0 Å². The number of hydrogen-bond donors (Lipinski definition) is 1. The fourth-order valence-corrected chi connectivity index (χ4v) is 2.77. The smallest absolute Gasteiger partial charge is 0.119 e. The minimum absolute atomic E-state index is 0.279. The van der Waals surface area contributed by atoms with Gasteiger partial charge in [0.15, 0.2) is 0 Å². The fraction of sp³-hybridized carbons (Fsp3) is 0.286. The summed E-state index contributed by atoms with van der Waals surface area (Å²) in [5.41, 5.74) is 1.22. The van der Waals surface area contributed by atoms with Crippen LogP contribution in [0, 0.1) is 0 Å². The monoisotopic (exact) mass is 281 g/mol. The van der Waals surface area contributed by atoms with Gasteiger partial charge < -0.3 is 10.1 Å². The first-order valence-corrected chi connectivity index (χ1v) is 7.00. The highest BCUT2D eigenvalue weighted by atomic mass is 35.5. The Balaban J connectivity index is 1.96. The van der Waals surface area contributed by atoms with Crippen LogP contribution in [0.15, 0.2) is 36.4 Å². The third-order valence-corrected chi connectivity index (χ3v) is 4.04. The Labute approximate surface area is 117 Å². The number of ether oxygens (including phenoxy) is 1. The van der Waals surface area contributed by atoms with Crippen LogP contribution in [-0.2, 0) is 6.54 Å². The van der Waals surface area contributed by atoms with Gasteiger partial charge in [0.25, 0.3) is 0 Å². The first kappa shape index (κ1) is 13.4. The minimum Gasteiger partial charge on any atom is -0.497 e. The maximum Gasteiger partial charge on any atom is 0.119 e. The molecule has 2 nitrogen and oxygen atoms in total. The fourth-order valence-electron chi connectivity index (χ4n) is 1.73. The molecule has 0 aliphatic heterocycles. The van der Waals surface area contributed by atoms with Crippen molar-refractivity contribution in [3.8, 4) is 5.75 Å². The predicted octanol–water partition coefficient (Wildman–Crippen LogP) is 4.26. The molecule has 0 radical (unpaired) electrons. The number of thiophene rings is 1. The molecule has 1 N–H and O–H groups in total. The summed E-state index contributed by atoms with van der Waals surface area (Å²) < 4.78 is 6.06. The van der Waals surface area contributed by atoms with Crippen molar-refractivity contribution in [2.45, 2.75) is 19.5 Å². The third kappa shape index (κ3) is 3.48. The molecule has 2 rings (SSSR count). The number of benzene rings is 1.